The largest absolute Gasteiger partial charge is 0.289 e. The second-order valence-corrected chi connectivity index (χ2v) is 5.82. The third kappa shape index (κ3) is 3.64. The Labute approximate surface area is 126 Å². The van der Waals surface area contributed by atoms with Crippen LogP contribution in [-0.4, -0.2) is 4.57 Å². The van der Waals surface area contributed by atoms with Crippen molar-refractivity contribution < 1.29 is 4.57 Å². The summed E-state index contributed by atoms with van der Waals surface area (Å²) in [5.74, 6) is 1.12. The molecular formula is C17H23N2S+. The summed E-state index contributed by atoms with van der Waals surface area (Å²) < 4.78 is 4.20. The first-order chi connectivity index (χ1) is 9.42. The normalized spacial score (nSPS) is 12.4. The average molecular weight is 287 g/mol. The Morgan fingerprint density at radius 1 is 1.40 bits per heavy atom. The molecule has 0 saturated heterocycles. The van der Waals surface area contributed by atoms with E-state index in [1.54, 1.807) is 17.8 Å². The molecule has 0 amide bonds. The van der Waals surface area contributed by atoms with Gasteiger partial charge in [-0.05, 0) is 19.4 Å². The number of rotatable bonds is 6. The highest BCUT2D eigenvalue weighted by Gasteiger charge is 2.22. The molecule has 2 nitrogen and oxygen atoms in total. The van der Waals surface area contributed by atoms with Gasteiger partial charge in [-0.2, -0.15) is 0 Å². The van der Waals surface area contributed by atoms with Crippen LogP contribution in [0.15, 0.2) is 65.7 Å². The van der Waals surface area contributed by atoms with Crippen LogP contribution in [-0.2, 0) is 14.1 Å². The molecule has 0 aromatic carbocycles. The molecule has 3 heteroatoms. The van der Waals surface area contributed by atoms with Crippen LogP contribution in [0.3, 0.4) is 0 Å². The van der Waals surface area contributed by atoms with Crippen LogP contribution in [0.25, 0.3) is 5.57 Å². The summed E-state index contributed by atoms with van der Waals surface area (Å²) in [4.78, 5) is 1.88. The van der Waals surface area contributed by atoms with Gasteiger partial charge in [0.2, 0.25) is 0 Å². The molecule has 20 heavy (non-hydrogen) atoms. The molecule has 0 aliphatic heterocycles. The molecule has 0 aliphatic carbocycles. The summed E-state index contributed by atoms with van der Waals surface area (Å²) in [5, 5.41) is 0. The van der Waals surface area contributed by atoms with Crippen molar-refractivity contribution in [1.29, 1.82) is 0 Å². The van der Waals surface area contributed by atoms with Gasteiger partial charge in [0.1, 0.15) is 12.4 Å². The number of imidazole rings is 1. The number of thioether (sulfide) groups is 1. The number of aromatic nitrogens is 2. The van der Waals surface area contributed by atoms with E-state index < -0.39 is 0 Å². The van der Waals surface area contributed by atoms with Gasteiger partial charge in [-0.15, -0.1) is 0 Å². The summed E-state index contributed by atoms with van der Waals surface area (Å²) in [6.07, 6.45) is 9.98. The van der Waals surface area contributed by atoms with E-state index in [-0.39, 0.29) is 0 Å². The highest BCUT2D eigenvalue weighted by atomic mass is 32.2. The highest BCUT2D eigenvalue weighted by Crippen LogP contribution is 2.35. The van der Waals surface area contributed by atoms with Gasteiger partial charge in [-0.1, -0.05) is 49.7 Å². The smallest absolute Gasteiger partial charge is 0.233 e. The number of nitrogens with zero attached hydrogens (tertiary/aromatic N) is 2. The van der Waals surface area contributed by atoms with Crippen molar-refractivity contribution in [1.82, 2.24) is 4.57 Å². The lowest BCUT2D eigenvalue weighted by Gasteiger charge is -2.11. The lowest BCUT2D eigenvalue weighted by atomic mass is 10.1. The molecule has 0 atom stereocenters. The lowest BCUT2D eigenvalue weighted by molar-refractivity contribution is -0.673. The van der Waals surface area contributed by atoms with Crippen molar-refractivity contribution in [2.75, 3.05) is 0 Å². The Bertz CT molecular complexity index is 581. The van der Waals surface area contributed by atoms with Crippen LogP contribution in [0.4, 0.5) is 0 Å². The van der Waals surface area contributed by atoms with Crippen LogP contribution in [0.2, 0.25) is 0 Å². The van der Waals surface area contributed by atoms with Crippen LogP contribution in [0, 0.1) is 0 Å². The fraction of sp³-hybridized carbons (Fsp3) is 0.235. The topological polar surface area (TPSA) is 8.81 Å². The van der Waals surface area contributed by atoms with Gasteiger partial charge in [0, 0.05) is 9.81 Å². The first-order valence-electron chi connectivity index (χ1n) is 6.45. The third-order valence-electron chi connectivity index (χ3n) is 2.98. The highest BCUT2D eigenvalue weighted by molar-refractivity contribution is 8.07. The zero-order chi connectivity index (χ0) is 15.3. The Kier molecular flexibility index (Phi) is 5.83. The number of aryl methyl sites for hydroxylation is 2. The number of allylic oxidation sites excluding steroid dienone is 5. The molecular weight excluding hydrogens is 264 g/mol. The minimum atomic E-state index is 0.901. The van der Waals surface area contributed by atoms with E-state index >= 15 is 0 Å². The Morgan fingerprint density at radius 3 is 2.50 bits per heavy atom. The molecule has 0 saturated carbocycles. The van der Waals surface area contributed by atoms with Gasteiger partial charge in [0.05, 0.1) is 19.7 Å². The molecule has 0 fully saturated rings. The monoisotopic (exact) mass is 287 g/mol. The lowest BCUT2D eigenvalue weighted by Crippen LogP contribution is -2.31. The van der Waals surface area contributed by atoms with Gasteiger partial charge in [-0.25, -0.2) is 9.13 Å². The van der Waals surface area contributed by atoms with Crippen LogP contribution < -0.4 is 4.57 Å². The van der Waals surface area contributed by atoms with Crippen molar-refractivity contribution in [3.05, 3.63) is 71.6 Å². The maximum Gasteiger partial charge on any atom is 0.289 e. The molecule has 1 heterocycles. The maximum absolute atomic E-state index is 4.22. The van der Waals surface area contributed by atoms with E-state index in [1.807, 2.05) is 39.5 Å². The van der Waals surface area contributed by atoms with E-state index in [9.17, 15) is 0 Å². The van der Waals surface area contributed by atoms with Crippen LogP contribution in [0.5, 0.6) is 0 Å². The van der Waals surface area contributed by atoms with Crippen LogP contribution >= 0.6 is 11.8 Å². The Morgan fingerprint density at radius 2 is 2.05 bits per heavy atom. The van der Waals surface area contributed by atoms with Gasteiger partial charge in [0.15, 0.2) is 0 Å². The molecule has 1 rings (SSSR count). The summed E-state index contributed by atoms with van der Waals surface area (Å²) in [6, 6.07) is 0. The van der Waals surface area contributed by atoms with Crippen molar-refractivity contribution >= 4 is 17.3 Å². The molecule has 0 spiro atoms. The van der Waals surface area contributed by atoms with Crippen molar-refractivity contribution in [3.63, 3.8) is 0 Å². The summed E-state index contributed by atoms with van der Waals surface area (Å²) in [5.41, 5.74) is 2.31. The van der Waals surface area contributed by atoms with Gasteiger partial charge in [0.25, 0.3) is 5.82 Å². The van der Waals surface area contributed by atoms with Crippen molar-refractivity contribution in [3.8, 4) is 0 Å². The zero-order valence-electron chi connectivity index (χ0n) is 12.8. The Hall–Kier alpha value is -1.74. The number of hydrogen-bond donors (Lipinski definition) is 0. The van der Waals surface area contributed by atoms with Crippen molar-refractivity contribution in [2.24, 2.45) is 14.1 Å². The predicted molar refractivity (Wildman–Crippen MR) is 90.1 cm³/mol. The van der Waals surface area contributed by atoms with Crippen molar-refractivity contribution in [2.45, 2.75) is 13.8 Å². The first kappa shape index (κ1) is 16.3. The fourth-order valence-corrected chi connectivity index (χ4v) is 2.80. The predicted octanol–water partition coefficient (Wildman–Crippen LogP) is 4.15. The molecule has 0 aliphatic rings. The van der Waals surface area contributed by atoms with E-state index in [1.165, 1.54) is 5.57 Å². The van der Waals surface area contributed by atoms with E-state index in [0.717, 1.165) is 21.2 Å². The van der Waals surface area contributed by atoms with Gasteiger partial charge < -0.3 is 0 Å². The molecule has 0 N–H and O–H groups in total. The quantitative estimate of drug-likeness (QED) is 0.564. The molecule has 106 valence electrons. The Balaban J connectivity index is 3.38. The summed E-state index contributed by atoms with van der Waals surface area (Å²) in [6.45, 7) is 16.0. The first-order valence-corrected chi connectivity index (χ1v) is 7.27. The fourth-order valence-electron chi connectivity index (χ4n) is 2.05. The van der Waals surface area contributed by atoms with E-state index in [0.29, 0.717) is 0 Å². The summed E-state index contributed by atoms with van der Waals surface area (Å²) in [7, 11) is 4.08. The molecule has 0 radical (unpaired) electrons. The van der Waals surface area contributed by atoms with E-state index in [4.69, 9.17) is 0 Å². The second-order valence-electron chi connectivity index (χ2n) is 4.60. The second kappa shape index (κ2) is 7.15. The minimum Gasteiger partial charge on any atom is -0.233 e. The molecule has 1 aromatic heterocycles. The van der Waals surface area contributed by atoms with Gasteiger partial charge in [-0.3, -0.25) is 0 Å². The summed E-state index contributed by atoms with van der Waals surface area (Å²) >= 11 is 1.55. The number of hydrogen-bond acceptors (Lipinski definition) is 1. The minimum absolute atomic E-state index is 0.901. The molecule has 0 bridgehead atoms. The third-order valence-corrected chi connectivity index (χ3v) is 3.86. The SMILES string of the molecule is C=CC(=C)SC(=C)/C(=C(C)\C=C/C)c1n(C)cc[n+]1C. The molecule has 1 aromatic rings. The van der Waals surface area contributed by atoms with Gasteiger partial charge >= 0.3 is 0 Å². The van der Waals surface area contributed by atoms with Crippen LogP contribution in [0.1, 0.15) is 19.7 Å². The molecule has 0 unspecified atom stereocenters. The maximum atomic E-state index is 4.22. The van der Waals surface area contributed by atoms with E-state index in [2.05, 4.69) is 41.9 Å². The standard InChI is InChI=1S/C17H23N2S/c1-8-10-13(3)16(15(5)20-14(4)9-2)17-18(6)11-12-19(17)7/h8-12H,2,4-5H2,1,3,6-7H3/q+1/b10-8-,16-13+. The average Bonchev–Trinajstić information content (AvgIpc) is 2.71. The zero-order valence-corrected chi connectivity index (χ0v) is 13.6.